The van der Waals surface area contributed by atoms with Gasteiger partial charge in [-0.2, -0.15) is 0 Å². The molecule has 0 saturated carbocycles. The lowest BCUT2D eigenvalue weighted by atomic mass is 9.97. The van der Waals surface area contributed by atoms with E-state index in [1.807, 2.05) is 48.3 Å². The molecule has 2 rings (SSSR count). The summed E-state index contributed by atoms with van der Waals surface area (Å²) >= 11 is 0. The maximum absolute atomic E-state index is 12.1. The average molecular weight is 325 g/mol. The quantitative estimate of drug-likeness (QED) is 0.812. The van der Waals surface area contributed by atoms with Gasteiger partial charge in [0.15, 0.2) is 0 Å². The van der Waals surface area contributed by atoms with Crippen LogP contribution in [0.4, 0.5) is 0 Å². The summed E-state index contributed by atoms with van der Waals surface area (Å²) in [5.74, 6) is -0.397. The first-order valence-corrected chi connectivity index (χ1v) is 7.89. The van der Waals surface area contributed by atoms with Crippen LogP contribution in [0.5, 0.6) is 0 Å². The van der Waals surface area contributed by atoms with Crippen LogP contribution in [-0.2, 0) is 9.59 Å². The second kappa shape index (κ2) is 8.84. The lowest BCUT2D eigenvalue weighted by Crippen LogP contribution is -2.41. The molecule has 5 nitrogen and oxygen atoms in total. The lowest BCUT2D eigenvalue weighted by Gasteiger charge is -2.28. The molecule has 0 aliphatic rings. The van der Waals surface area contributed by atoms with Gasteiger partial charge in [-0.05, 0) is 18.2 Å². The Labute approximate surface area is 142 Å². The van der Waals surface area contributed by atoms with Gasteiger partial charge in [0.1, 0.15) is 0 Å². The maximum Gasteiger partial charge on any atom is 0.239 e. The first-order valence-electron chi connectivity index (χ1n) is 7.89. The van der Waals surface area contributed by atoms with E-state index in [0.29, 0.717) is 0 Å². The first-order chi connectivity index (χ1) is 11.6. The van der Waals surface area contributed by atoms with Gasteiger partial charge in [-0.15, -0.1) is 0 Å². The fourth-order valence-electron chi connectivity index (χ4n) is 2.61. The molecule has 0 spiro atoms. The molecular weight excluding hydrogens is 302 g/mol. The van der Waals surface area contributed by atoms with E-state index in [2.05, 4.69) is 34.9 Å². The highest BCUT2D eigenvalue weighted by atomic mass is 16.2. The molecule has 0 atom stereocenters. The number of amides is 2. The number of nitrogens with one attached hydrogen (secondary N) is 2. The van der Waals surface area contributed by atoms with Crippen molar-refractivity contribution in [1.29, 1.82) is 0 Å². The van der Waals surface area contributed by atoms with Gasteiger partial charge in [-0.1, -0.05) is 60.7 Å². The summed E-state index contributed by atoms with van der Waals surface area (Å²) in [6.07, 6.45) is 0. The molecule has 24 heavy (non-hydrogen) atoms. The zero-order valence-electron chi connectivity index (χ0n) is 14.0. The Kier molecular flexibility index (Phi) is 6.51. The van der Waals surface area contributed by atoms with Crippen LogP contribution in [0.2, 0.25) is 0 Å². The van der Waals surface area contributed by atoms with Crippen LogP contribution in [0, 0.1) is 0 Å². The van der Waals surface area contributed by atoms with E-state index in [4.69, 9.17) is 0 Å². The molecule has 0 radical (unpaired) electrons. The standard InChI is InChI=1S/C19H23N3O2/c1-20-17(23)13-21-18(24)14-22(2)19(15-9-5-3-6-10-15)16-11-7-4-8-12-16/h3-12,19H,13-14H2,1-2H3,(H,20,23)(H,21,24). The van der Waals surface area contributed by atoms with Crippen molar-refractivity contribution in [2.24, 2.45) is 0 Å². The number of benzene rings is 2. The van der Waals surface area contributed by atoms with Crippen molar-refractivity contribution in [3.63, 3.8) is 0 Å². The van der Waals surface area contributed by atoms with Crippen LogP contribution in [0.3, 0.4) is 0 Å². The second-order valence-corrected chi connectivity index (χ2v) is 5.59. The molecule has 2 aromatic rings. The Morgan fingerprint density at radius 2 is 1.42 bits per heavy atom. The largest absolute Gasteiger partial charge is 0.358 e. The highest BCUT2D eigenvalue weighted by Gasteiger charge is 2.21. The smallest absolute Gasteiger partial charge is 0.239 e. The Balaban J connectivity index is 2.12. The lowest BCUT2D eigenvalue weighted by molar-refractivity contribution is -0.126. The van der Waals surface area contributed by atoms with Crippen LogP contribution in [0.15, 0.2) is 60.7 Å². The fourth-order valence-corrected chi connectivity index (χ4v) is 2.61. The number of nitrogens with zero attached hydrogens (tertiary/aromatic N) is 1. The van der Waals surface area contributed by atoms with Crippen molar-refractivity contribution < 1.29 is 9.59 Å². The van der Waals surface area contributed by atoms with Crippen LogP contribution >= 0.6 is 0 Å². The summed E-state index contributed by atoms with van der Waals surface area (Å²) in [5, 5.41) is 5.11. The van der Waals surface area contributed by atoms with E-state index in [1.54, 1.807) is 7.05 Å². The van der Waals surface area contributed by atoms with Gasteiger partial charge in [0.2, 0.25) is 11.8 Å². The van der Waals surface area contributed by atoms with Crippen LogP contribution in [0.1, 0.15) is 17.2 Å². The van der Waals surface area contributed by atoms with Crippen molar-refractivity contribution in [3.8, 4) is 0 Å². The summed E-state index contributed by atoms with van der Waals surface area (Å²) in [6, 6.07) is 20.1. The zero-order valence-corrected chi connectivity index (χ0v) is 14.0. The van der Waals surface area contributed by atoms with Gasteiger partial charge in [0, 0.05) is 7.05 Å². The summed E-state index contributed by atoms with van der Waals surface area (Å²) in [7, 11) is 3.45. The van der Waals surface area contributed by atoms with Crippen molar-refractivity contribution in [3.05, 3.63) is 71.8 Å². The van der Waals surface area contributed by atoms with E-state index in [9.17, 15) is 9.59 Å². The highest BCUT2D eigenvalue weighted by Crippen LogP contribution is 2.26. The molecule has 0 saturated heterocycles. The predicted molar refractivity (Wildman–Crippen MR) is 94.4 cm³/mol. The molecule has 0 unspecified atom stereocenters. The van der Waals surface area contributed by atoms with E-state index in [1.165, 1.54) is 0 Å². The van der Waals surface area contributed by atoms with Crippen LogP contribution in [0.25, 0.3) is 0 Å². The summed E-state index contributed by atoms with van der Waals surface area (Å²) in [5.41, 5.74) is 2.23. The molecule has 0 heterocycles. The molecule has 2 N–H and O–H groups in total. The van der Waals surface area contributed by atoms with Crippen molar-refractivity contribution >= 4 is 11.8 Å². The van der Waals surface area contributed by atoms with E-state index < -0.39 is 0 Å². The summed E-state index contributed by atoms with van der Waals surface area (Å²) in [6.45, 7) is 0.190. The number of carbonyl (C=O) groups excluding carboxylic acids is 2. The molecule has 5 heteroatoms. The monoisotopic (exact) mass is 325 g/mol. The molecule has 0 bridgehead atoms. The number of likely N-dealkylation sites (N-methyl/N-ethyl adjacent to an activating group) is 2. The van der Waals surface area contributed by atoms with E-state index in [-0.39, 0.29) is 30.9 Å². The van der Waals surface area contributed by atoms with Gasteiger partial charge >= 0.3 is 0 Å². The molecule has 126 valence electrons. The number of hydrogen-bond donors (Lipinski definition) is 2. The Hall–Kier alpha value is -2.66. The molecular formula is C19H23N3O2. The molecule has 0 aliphatic carbocycles. The average Bonchev–Trinajstić information content (AvgIpc) is 2.61. The SMILES string of the molecule is CNC(=O)CNC(=O)CN(C)C(c1ccccc1)c1ccccc1. The third-order valence-electron chi connectivity index (χ3n) is 3.79. The summed E-state index contributed by atoms with van der Waals surface area (Å²) < 4.78 is 0. The Morgan fingerprint density at radius 1 is 0.917 bits per heavy atom. The van der Waals surface area contributed by atoms with Gasteiger partial charge in [-0.25, -0.2) is 0 Å². The van der Waals surface area contributed by atoms with Crippen molar-refractivity contribution in [1.82, 2.24) is 15.5 Å². The van der Waals surface area contributed by atoms with Crippen LogP contribution < -0.4 is 10.6 Å². The Bertz CT molecular complexity index is 619. The molecule has 0 fully saturated rings. The van der Waals surface area contributed by atoms with Gasteiger partial charge in [0.05, 0.1) is 19.1 Å². The summed E-state index contributed by atoms with van der Waals surface area (Å²) in [4.78, 5) is 25.3. The normalized spacial score (nSPS) is 10.7. The van der Waals surface area contributed by atoms with Gasteiger partial charge in [0.25, 0.3) is 0 Å². The maximum atomic E-state index is 12.1. The third kappa shape index (κ3) is 4.93. The number of rotatable bonds is 7. The van der Waals surface area contributed by atoms with Gasteiger partial charge in [-0.3, -0.25) is 14.5 Å². The van der Waals surface area contributed by atoms with E-state index >= 15 is 0 Å². The first kappa shape index (κ1) is 17.7. The third-order valence-corrected chi connectivity index (χ3v) is 3.79. The minimum atomic E-state index is -0.214. The minimum absolute atomic E-state index is 0.00941. The van der Waals surface area contributed by atoms with Crippen LogP contribution in [-0.4, -0.2) is 43.9 Å². The zero-order chi connectivity index (χ0) is 17.4. The second-order valence-electron chi connectivity index (χ2n) is 5.59. The fraction of sp³-hybridized carbons (Fsp3) is 0.263. The van der Waals surface area contributed by atoms with Gasteiger partial charge < -0.3 is 10.6 Å². The molecule has 0 aromatic heterocycles. The van der Waals surface area contributed by atoms with Crippen molar-refractivity contribution in [2.75, 3.05) is 27.2 Å². The highest BCUT2D eigenvalue weighted by molar-refractivity contribution is 5.85. The Morgan fingerprint density at radius 3 is 1.88 bits per heavy atom. The predicted octanol–water partition coefficient (Wildman–Crippen LogP) is 1.57. The van der Waals surface area contributed by atoms with Crippen molar-refractivity contribution in [2.45, 2.75) is 6.04 Å². The van der Waals surface area contributed by atoms with E-state index in [0.717, 1.165) is 11.1 Å². The molecule has 2 amide bonds. The molecule has 2 aromatic carbocycles. The molecule has 0 aliphatic heterocycles. The number of carbonyl (C=O) groups is 2. The minimum Gasteiger partial charge on any atom is -0.358 e. The topological polar surface area (TPSA) is 61.4 Å². The number of hydrogen-bond acceptors (Lipinski definition) is 3.